The fourth-order valence-corrected chi connectivity index (χ4v) is 2.48. The number of esters is 1. The van der Waals surface area contributed by atoms with Crippen molar-refractivity contribution in [2.24, 2.45) is 0 Å². The fraction of sp³-hybridized carbons (Fsp3) is 0.533. The summed E-state index contributed by atoms with van der Waals surface area (Å²) >= 11 is 1.08. The number of rotatable bonds is 9. The molecule has 0 spiro atoms. The van der Waals surface area contributed by atoms with Crippen LogP contribution in [0.5, 0.6) is 5.75 Å². The average Bonchev–Trinajstić information content (AvgIpc) is 2.50. The van der Waals surface area contributed by atoms with Gasteiger partial charge in [-0.3, -0.25) is 0 Å². The monoisotopic (exact) mass is 367 g/mol. The predicted octanol–water partition coefficient (Wildman–Crippen LogP) is 3.58. The molecule has 1 rings (SSSR count). The molecule has 9 heteroatoms. The zero-order chi connectivity index (χ0) is 18.2. The topological polar surface area (TPSA) is 48.0 Å². The molecule has 0 unspecified atom stereocenters. The van der Waals surface area contributed by atoms with Crippen molar-refractivity contribution in [3.05, 3.63) is 23.8 Å². The molecule has 0 saturated heterocycles. The van der Waals surface area contributed by atoms with Gasteiger partial charge in [0.2, 0.25) is 0 Å². The number of hydrogen-bond donors (Lipinski definition) is 0. The van der Waals surface area contributed by atoms with Gasteiger partial charge in [-0.25, -0.2) is 9.10 Å². The Morgan fingerprint density at radius 3 is 2.50 bits per heavy atom. The molecule has 0 aliphatic carbocycles. The van der Waals surface area contributed by atoms with Crippen molar-refractivity contribution >= 4 is 17.9 Å². The highest BCUT2D eigenvalue weighted by Gasteiger charge is 2.31. The maximum atomic E-state index is 13.0. The van der Waals surface area contributed by atoms with E-state index in [4.69, 9.17) is 9.47 Å². The van der Waals surface area contributed by atoms with E-state index in [9.17, 15) is 18.0 Å². The van der Waals surface area contributed by atoms with E-state index in [2.05, 4.69) is 4.74 Å². The summed E-state index contributed by atoms with van der Waals surface area (Å²) < 4.78 is 55.7. The maximum Gasteiger partial charge on any atom is 0.416 e. The molecule has 0 aliphatic rings. The molecule has 0 atom stereocenters. The number of carbonyl (C=O) groups excluding carboxylic acids is 1. The van der Waals surface area contributed by atoms with Gasteiger partial charge in [0.15, 0.2) is 6.61 Å². The van der Waals surface area contributed by atoms with E-state index >= 15 is 0 Å². The Morgan fingerprint density at radius 1 is 1.21 bits per heavy atom. The highest BCUT2D eigenvalue weighted by molar-refractivity contribution is 7.97. The summed E-state index contributed by atoms with van der Waals surface area (Å²) in [5.74, 6) is -0.692. The van der Waals surface area contributed by atoms with Crippen LogP contribution in [-0.2, 0) is 20.4 Å². The second-order valence-corrected chi connectivity index (χ2v) is 5.90. The third-order valence-electron chi connectivity index (χ3n) is 2.61. The van der Waals surface area contributed by atoms with Gasteiger partial charge in [-0.1, -0.05) is 0 Å². The number of halogens is 3. The third-order valence-corrected chi connectivity index (χ3v) is 3.47. The van der Waals surface area contributed by atoms with Gasteiger partial charge >= 0.3 is 12.1 Å². The Balaban J connectivity index is 2.89. The van der Waals surface area contributed by atoms with E-state index in [-0.39, 0.29) is 19.1 Å². The lowest BCUT2D eigenvalue weighted by Gasteiger charge is -2.17. The molecule has 0 radical (unpaired) electrons. The summed E-state index contributed by atoms with van der Waals surface area (Å²) in [6.45, 7) is 3.94. The van der Waals surface area contributed by atoms with Gasteiger partial charge in [0.1, 0.15) is 12.5 Å². The molecule has 0 N–H and O–H groups in total. The molecule has 0 fully saturated rings. The normalized spacial score (nSPS) is 11.6. The van der Waals surface area contributed by atoms with Crippen LogP contribution in [0, 0.1) is 0 Å². The molecule has 1 aromatic rings. The highest BCUT2D eigenvalue weighted by Crippen LogP contribution is 2.36. The summed E-state index contributed by atoms with van der Waals surface area (Å²) in [4.78, 5) is 11.6. The van der Waals surface area contributed by atoms with Gasteiger partial charge in [-0.05, 0) is 44.0 Å². The predicted molar refractivity (Wildman–Crippen MR) is 83.7 cm³/mol. The molecule has 0 amide bonds. The maximum absolute atomic E-state index is 13.0. The van der Waals surface area contributed by atoms with E-state index in [0.29, 0.717) is 11.5 Å². The fourth-order valence-electron chi connectivity index (χ4n) is 1.64. The zero-order valence-electron chi connectivity index (χ0n) is 13.7. The quantitative estimate of drug-likeness (QED) is 0.378. The molecule has 5 nitrogen and oxygen atoms in total. The Morgan fingerprint density at radius 2 is 1.92 bits per heavy atom. The Bertz CT molecular complexity index is 540. The van der Waals surface area contributed by atoms with Crippen molar-refractivity contribution in [2.45, 2.75) is 24.9 Å². The average molecular weight is 367 g/mol. The van der Waals surface area contributed by atoms with Crippen molar-refractivity contribution in [3.63, 3.8) is 0 Å². The number of nitrogens with zero attached hydrogens (tertiary/aromatic N) is 1. The lowest BCUT2D eigenvalue weighted by molar-refractivity contribution is -0.145. The summed E-state index contributed by atoms with van der Waals surface area (Å²) in [5.41, 5.74) is -0.851. The van der Waals surface area contributed by atoms with Gasteiger partial charge < -0.3 is 14.2 Å². The molecule has 0 heterocycles. The Labute approximate surface area is 143 Å². The molecule has 0 saturated carbocycles. The molecule has 136 valence electrons. The zero-order valence-corrected chi connectivity index (χ0v) is 14.5. The van der Waals surface area contributed by atoms with Crippen LogP contribution in [0.2, 0.25) is 0 Å². The van der Waals surface area contributed by atoms with Crippen molar-refractivity contribution in [2.75, 3.05) is 33.6 Å². The van der Waals surface area contributed by atoms with Crippen LogP contribution in [-0.4, -0.2) is 43.9 Å². The van der Waals surface area contributed by atoms with Gasteiger partial charge in [0, 0.05) is 18.6 Å². The largest absolute Gasteiger partial charge is 0.482 e. The van der Waals surface area contributed by atoms with Crippen LogP contribution in [0.25, 0.3) is 0 Å². The minimum Gasteiger partial charge on any atom is -0.482 e. The molecule has 0 bridgehead atoms. The smallest absolute Gasteiger partial charge is 0.416 e. The first-order chi connectivity index (χ1) is 11.3. The number of benzene rings is 1. The number of hydrogen-bond acceptors (Lipinski definition) is 6. The van der Waals surface area contributed by atoms with E-state index < -0.39 is 24.3 Å². The number of carbonyl (C=O) groups is 1. The summed E-state index contributed by atoms with van der Waals surface area (Å²) in [5, 5.41) is 0. The van der Waals surface area contributed by atoms with E-state index in [1.807, 2.05) is 6.92 Å². The second kappa shape index (κ2) is 9.75. The third kappa shape index (κ3) is 7.41. The molecule has 0 aliphatic heterocycles. The van der Waals surface area contributed by atoms with Crippen molar-refractivity contribution in [1.29, 1.82) is 0 Å². The molecule has 24 heavy (non-hydrogen) atoms. The van der Waals surface area contributed by atoms with Crippen LogP contribution in [0.15, 0.2) is 23.1 Å². The first-order valence-electron chi connectivity index (χ1n) is 7.23. The second-order valence-electron chi connectivity index (χ2n) is 4.63. The molecule has 1 aromatic carbocycles. The van der Waals surface area contributed by atoms with Gasteiger partial charge in [0.05, 0.1) is 12.2 Å². The van der Waals surface area contributed by atoms with Crippen molar-refractivity contribution in [1.82, 2.24) is 4.31 Å². The summed E-state index contributed by atoms with van der Waals surface area (Å²) in [6, 6.07) is 3.30. The SMILES string of the molecule is CCOCN(C)Sc1cc(OCC(=O)OCC)cc(C(F)(F)F)c1. The first-order valence-corrected chi connectivity index (χ1v) is 8.01. The first kappa shape index (κ1) is 20.6. The van der Waals surface area contributed by atoms with Gasteiger partial charge in [-0.15, -0.1) is 0 Å². The van der Waals surface area contributed by atoms with Crippen molar-refractivity contribution in [3.8, 4) is 5.75 Å². The van der Waals surface area contributed by atoms with Crippen LogP contribution in [0.4, 0.5) is 13.2 Å². The van der Waals surface area contributed by atoms with E-state index in [1.54, 1.807) is 18.3 Å². The Kier molecular flexibility index (Phi) is 8.37. The standard InChI is InChI=1S/C15H20F3NO4S/c1-4-21-10-19(3)24-13-7-11(15(16,17)18)6-12(8-13)23-9-14(20)22-5-2/h6-8H,4-5,9-10H2,1-3H3. The van der Waals surface area contributed by atoms with Crippen LogP contribution < -0.4 is 4.74 Å². The number of alkyl halides is 3. The number of ether oxygens (including phenoxy) is 3. The summed E-state index contributed by atoms with van der Waals surface area (Å²) in [6.07, 6.45) is -4.52. The molecular formula is C15H20F3NO4S. The van der Waals surface area contributed by atoms with Crippen LogP contribution >= 0.6 is 11.9 Å². The minimum absolute atomic E-state index is 0.0508. The van der Waals surface area contributed by atoms with Crippen LogP contribution in [0.3, 0.4) is 0 Å². The van der Waals surface area contributed by atoms with Gasteiger partial charge in [-0.2, -0.15) is 13.2 Å². The van der Waals surface area contributed by atoms with Crippen LogP contribution in [0.1, 0.15) is 19.4 Å². The minimum atomic E-state index is -4.52. The van der Waals surface area contributed by atoms with Gasteiger partial charge in [0.25, 0.3) is 0 Å². The molecular weight excluding hydrogens is 347 g/mol. The van der Waals surface area contributed by atoms with E-state index in [0.717, 1.165) is 24.1 Å². The van der Waals surface area contributed by atoms with Crippen molar-refractivity contribution < 1.29 is 32.2 Å². The highest BCUT2D eigenvalue weighted by atomic mass is 32.2. The molecule has 0 aromatic heterocycles. The van der Waals surface area contributed by atoms with E-state index in [1.165, 1.54) is 6.07 Å². The lowest BCUT2D eigenvalue weighted by atomic mass is 10.2. The lowest BCUT2D eigenvalue weighted by Crippen LogP contribution is -2.16. The Hall–Kier alpha value is -1.45. The summed E-state index contributed by atoms with van der Waals surface area (Å²) in [7, 11) is 1.69.